The molecule has 1 fully saturated rings. The number of halogens is 2. The molecule has 1 aliphatic heterocycles. The third-order valence-electron chi connectivity index (χ3n) is 3.79. The van der Waals surface area contributed by atoms with Gasteiger partial charge in [-0.15, -0.1) is 0 Å². The van der Waals surface area contributed by atoms with E-state index in [-0.39, 0.29) is 24.4 Å². The summed E-state index contributed by atoms with van der Waals surface area (Å²) in [5.41, 5.74) is 6.55. The van der Waals surface area contributed by atoms with E-state index in [1.165, 1.54) is 6.07 Å². The molecule has 1 amide bonds. The highest BCUT2D eigenvalue weighted by atomic mass is 19.2. The lowest BCUT2D eigenvalue weighted by atomic mass is 10.0. The first-order valence-electron chi connectivity index (χ1n) is 6.96. The third-order valence-corrected chi connectivity index (χ3v) is 3.79. The molecule has 0 saturated carbocycles. The number of hydrogen-bond donors (Lipinski definition) is 1. The molecule has 0 aliphatic carbocycles. The quantitative estimate of drug-likeness (QED) is 0.920. The van der Waals surface area contributed by atoms with Crippen LogP contribution in [0.25, 0.3) is 0 Å². The lowest BCUT2D eigenvalue weighted by Crippen LogP contribution is -2.38. The maximum atomic E-state index is 13.1. The monoisotopic (exact) mass is 282 g/mol. The van der Waals surface area contributed by atoms with E-state index in [0.29, 0.717) is 12.0 Å². The predicted octanol–water partition coefficient (Wildman–Crippen LogP) is 2.24. The summed E-state index contributed by atoms with van der Waals surface area (Å²) < 4.78 is 25.9. The Morgan fingerprint density at radius 1 is 1.45 bits per heavy atom. The number of carbonyl (C=O) groups excluding carboxylic acids is 1. The molecule has 0 aromatic heterocycles. The van der Waals surface area contributed by atoms with Crippen LogP contribution in [-0.4, -0.2) is 29.4 Å². The molecule has 1 unspecified atom stereocenters. The number of rotatable bonds is 4. The molecule has 0 spiro atoms. The van der Waals surface area contributed by atoms with E-state index in [4.69, 9.17) is 5.73 Å². The molecular weight excluding hydrogens is 262 g/mol. The second-order valence-electron chi connectivity index (χ2n) is 5.50. The third kappa shape index (κ3) is 3.54. The van der Waals surface area contributed by atoms with E-state index < -0.39 is 11.6 Å². The first kappa shape index (κ1) is 14.9. The molecule has 1 aliphatic rings. The number of nitrogens with zero attached hydrogens (tertiary/aromatic N) is 1. The van der Waals surface area contributed by atoms with Crippen molar-refractivity contribution in [3.63, 3.8) is 0 Å². The fourth-order valence-electron chi connectivity index (χ4n) is 2.69. The molecule has 1 heterocycles. The summed E-state index contributed by atoms with van der Waals surface area (Å²) in [6.45, 7) is 2.82. The Morgan fingerprint density at radius 3 is 2.80 bits per heavy atom. The second-order valence-corrected chi connectivity index (χ2v) is 5.50. The van der Waals surface area contributed by atoms with Crippen molar-refractivity contribution in [3.8, 4) is 0 Å². The molecule has 2 N–H and O–H groups in total. The van der Waals surface area contributed by atoms with Crippen LogP contribution >= 0.6 is 0 Å². The van der Waals surface area contributed by atoms with Gasteiger partial charge in [0.25, 0.3) is 0 Å². The number of hydrogen-bond acceptors (Lipinski definition) is 2. The molecule has 2 atom stereocenters. The van der Waals surface area contributed by atoms with E-state index >= 15 is 0 Å². The van der Waals surface area contributed by atoms with Gasteiger partial charge < -0.3 is 10.6 Å². The Balaban J connectivity index is 1.90. The maximum absolute atomic E-state index is 13.1. The number of amides is 1. The van der Waals surface area contributed by atoms with Gasteiger partial charge in [0.05, 0.1) is 0 Å². The highest BCUT2D eigenvalue weighted by molar-refractivity contribution is 5.77. The van der Waals surface area contributed by atoms with Crippen LogP contribution in [0.5, 0.6) is 0 Å². The van der Waals surface area contributed by atoms with Crippen LogP contribution in [0.2, 0.25) is 0 Å². The van der Waals surface area contributed by atoms with E-state index in [9.17, 15) is 13.6 Å². The fourth-order valence-corrected chi connectivity index (χ4v) is 2.69. The Morgan fingerprint density at radius 2 is 2.20 bits per heavy atom. The molecule has 20 heavy (non-hydrogen) atoms. The summed E-state index contributed by atoms with van der Waals surface area (Å²) in [5, 5.41) is 0. The number of benzene rings is 1. The molecule has 1 aromatic carbocycles. The summed E-state index contributed by atoms with van der Waals surface area (Å²) in [6.07, 6.45) is 2.67. The standard InChI is InChI=1S/C15H20F2N2O/c1-10-3-2-6-19(10)15(20)9-12(18)7-11-4-5-13(16)14(17)8-11/h4-5,8,10,12H,2-3,6-7,9,18H2,1H3/t10-,12?/m1/s1. The van der Waals surface area contributed by atoms with Gasteiger partial charge in [0, 0.05) is 25.0 Å². The summed E-state index contributed by atoms with van der Waals surface area (Å²) >= 11 is 0. The molecule has 110 valence electrons. The van der Waals surface area contributed by atoms with Gasteiger partial charge in [0.2, 0.25) is 5.91 Å². The van der Waals surface area contributed by atoms with Crippen molar-refractivity contribution in [1.29, 1.82) is 0 Å². The average Bonchev–Trinajstić information content (AvgIpc) is 2.80. The summed E-state index contributed by atoms with van der Waals surface area (Å²) in [7, 11) is 0. The number of nitrogens with two attached hydrogens (primary N) is 1. The normalized spacial score (nSPS) is 20.2. The van der Waals surface area contributed by atoms with E-state index in [1.807, 2.05) is 11.8 Å². The predicted molar refractivity (Wildman–Crippen MR) is 73.1 cm³/mol. The van der Waals surface area contributed by atoms with Crippen molar-refractivity contribution in [3.05, 3.63) is 35.4 Å². The topological polar surface area (TPSA) is 46.3 Å². The van der Waals surface area contributed by atoms with Crippen LogP contribution in [0.1, 0.15) is 31.7 Å². The summed E-state index contributed by atoms with van der Waals surface area (Å²) in [4.78, 5) is 13.9. The maximum Gasteiger partial charge on any atom is 0.224 e. The zero-order valence-corrected chi connectivity index (χ0v) is 11.6. The zero-order chi connectivity index (χ0) is 14.7. The van der Waals surface area contributed by atoms with E-state index in [0.717, 1.165) is 31.5 Å². The van der Waals surface area contributed by atoms with Crippen molar-refractivity contribution < 1.29 is 13.6 Å². The molecule has 0 radical (unpaired) electrons. The Hall–Kier alpha value is -1.49. The van der Waals surface area contributed by atoms with Gasteiger partial charge in [-0.05, 0) is 43.9 Å². The molecular formula is C15H20F2N2O. The van der Waals surface area contributed by atoms with Crippen LogP contribution in [0.3, 0.4) is 0 Å². The first-order valence-corrected chi connectivity index (χ1v) is 6.96. The Bertz CT molecular complexity index is 493. The van der Waals surface area contributed by atoms with Gasteiger partial charge in [0.15, 0.2) is 11.6 Å². The lowest BCUT2D eigenvalue weighted by Gasteiger charge is -2.23. The SMILES string of the molecule is C[C@@H]1CCCN1C(=O)CC(N)Cc1ccc(F)c(F)c1. The van der Waals surface area contributed by atoms with Crippen molar-refractivity contribution in [2.24, 2.45) is 5.73 Å². The van der Waals surface area contributed by atoms with Crippen molar-refractivity contribution in [2.45, 2.75) is 44.7 Å². The van der Waals surface area contributed by atoms with Crippen LogP contribution in [0.4, 0.5) is 8.78 Å². The minimum absolute atomic E-state index is 0.0464. The highest BCUT2D eigenvalue weighted by Gasteiger charge is 2.26. The van der Waals surface area contributed by atoms with Crippen molar-refractivity contribution in [1.82, 2.24) is 4.90 Å². The van der Waals surface area contributed by atoms with E-state index in [2.05, 4.69) is 0 Å². The van der Waals surface area contributed by atoms with Gasteiger partial charge in [0.1, 0.15) is 0 Å². The minimum atomic E-state index is -0.880. The van der Waals surface area contributed by atoms with Crippen molar-refractivity contribution in [2.75, 3.05) is 6.54 Å². The smallest absolute Gasteiger partial charge is 0.224 e. The number of likely N-dealkylation sites (tertiary alicyclic amines) is 1. The Labute approximate surface area is 117 Å². The highest BCUT2D eigenvalue weighted by Crippen LogP contribution is 2.18. The largest absolute Gasteiger partial charge is 0.340 e. The van der Waals surface area contributed by atoms with Gasteiger partial charge in [-0.1, -0.05) is 6.07 Å². The van der Waals surface area contributed by atoms with Gasteiger partial charge in [-0.3, -0.25) is 4.79 Å². The fraction of sp³-hybridized carbons (Fsp3) is 0.533. The molecule has 2 rings (SSSR count). The first-order chi connectivity index (χ1) is 9.47. The minimum Gasteiger partial charge on any atom is -0.340 e. The summed E-state index contributed by atoms with van der Waals surface area (Å²) in [6, 6.07) is 3.62. The molecule has 3 nitrogen and oxygen atoms in total. The van der Waals surface area contributed by atoms with Gasteiger partial charge >= 0.3 is 0 Å². The van der Waals surface area contributed by atoms with Crippen LogP contribution in [-0.2, 0) is 11.2 Å². The molecule has 0 bridgehead atoms. The van der Waals surface area contributed by atoms with Crippen LogP contribution < -0.4 is 5.73 Å². The lowest BCUT2D eigenvalue weighted by molar-refractivity contribution is -0.132. The second kappa shape index (κ2) is 6.31. The summed E-state index contributed by atoms with van der Waals surface area (Å²) in [5.74, 6) is -1.71. The molecule has 5 heteroatoms. The Kier molecular flexibility index (Phi) is 4.70. The van der Waals surface area contributed by atoms with Crippen LogP contribution in [0, 0.1) is 11.6 Å². The molecule has 1 aromatic rings. The molecule has 1 saturated heterocycles. The number of carbonyl (C=O) groups is 1. The van der Waals surface area contributed by atoms with Crippen LogP contribution in [0.15, 0.2) is 18.2 Å². The van der Waals surface area contributed by atoms with Gasteiger partial charge in [-0.2, -0.15) is 0 Å². The zero-order valence-electron chi connectivity index (χ0n) is 11.6. The average molecular weight is 282 g/mol. The van der Waals surface area contributed by atoms with Crippen molar-refractivity contribution >= 4 is 5.91 Å². The van der Waals surface area contributed by atoms with Gasteiger partial charge in [-0.25, -0.2) is 8.78 Å². The van der Waals surface area contributed by atoms with E-state index in [1.54, 1.807) is 0 Å².